The fraction of sp³-hybridized carbons (Fsp3) is 0.0588. The first-order valence-electron chi connectivity index (χ1n) is 7.54. The summed E-state index contributed by atoms with van der Waals surface area (Å²) >= 11 is 0. The van der Waals surface area contributed by atoms with Gasteiger partial charge in [-0.05, 0) is 36.4 Å². The highest BCUT2D eigenvalue weighted by Crippen LogP contribution is 2.22. The Morgan fingerprint density at radius 3 is 2.62 bits per heavy atom. The number of esters is 1. The number of benzene rings is 1. The highest BCUT2D eigenvalue weighted by Gasteiger charge is 2.15. The number of carbonyl (C=O) groups is 2. The van der Waals surface area contributed by atoms with Crippen molar-refractivity contribution in [2.45, 2.75) is 6.42 Å². The van der Waals surface area contributed by atoms with Crippen molar-refractivity contribution >= 4 is 29.2 Å². The number of imidazole rings is 1. The van der Waals surface area contributed by atoms with Gasteiger partial charge < -0.3 is 25.3 Å². The summed E-state index contributed by atoms with van der Waals surface area (Å²) in [5.41, 5.74) is 6.99. The molecule has 0 aliphatic carbocycles. The second-order valence-electron chi connectivity index (χ2n) is 5.39. The number of carbonyl (C=O) groups excluding carboxylic acids is 1. The normalized spacial score (nSPS) is 10.5. The maximum Gasteiger partial charge on any atom is 0.343 e. The highest BCUT2D eigenvalue weighted by atomic mass is 16.5. The molecule has 26 heavy (non-hydrogen) atoms. The van der Waals surface area contributed by atoms with Gasteiger partial charge in [0.05, 0.1) is 12.0 Å². The molecule has 0 fully saturated rings. The lowest BCUT2D eigenvalue weighted by Crippen LogP contribution is -2.20. The Labute approximate surface area is 147 Å². The predicted molar refractivity (Wildman–Crippen MR) is 93.5 cm³/mol. The summed E-state index contributed by atoms with van der Waals surface area (Å²) in [6, 6.07) is 9.36. The molecule has 9 heteroatoms. The maximum absolute atomic E-state index is 12.3. The third kappa shape index (κ3) is 3.61. The van der Waals surface area contributed by atoms with E-state index in [4.69, 9.17) is 21.0 Å². The van der Waals surface area contributed by atoms with Crippen LogP contribution in [0, 0.1) is 5.41 Å². The van der Waals surface area contributed by atoms with Crippen LogP contribution < -0.4 is 15.8 Å². The summed E-state index contributed by atoms with van der Waals surface area (Å²) in [6.07, 6.45) is 2.93. The number of aliphatic carboxylic acids is 1. The minimum absolute atomic E-state index is 0.175. The van der Waals surface area contributed by atoms with Gasteiger partial charge in [-0.15, -0.1) is 0 Å². The van der Waals surface area contributed by atoms with Crippen LogP contribution in [0.3, 0.4) is 0 Å². The average molecular weight is 353 g/mol. The molecule has 3 rings (SSSR count). The molecule has 9 nitrogen and oxygen atoms in total. The number of fused-ring (bicyclic) bond motifs is 1. The number of carboxylic acids is 1. The van der Waals surface area contributed by atoms with Crippen molar-refractivity contribution in [2.24, 2.45) is 5.73 Å². The first-order valence-corrected chi connectivity index (χ1v) is 7.54. The Morgan fingerprint density at radius 2 is 1.96 bits per heavy atom. The predicted octanol–water partition coefficient (Wildman–Crippen LogP) is 1.49. The molecule has 0 saturated heterocycles. The van der Waals surface area contributed by atoms with Crippen LogP contribution in [-0.2, 0) is 11.2 Å². The number of nitrogens with zero attached hydrogens (tertiary/aromatic N) is 2. The van der Waals surface area contributed by atoms with Gasteiger partial charge in [-0.1, -0.05) is 0 Å². The standard InChI is InChI=1S/C17H15N5O4/c18-17(19)21-11-3-1-10(2-4-11)16(25)26-13-6-5-12(9-14(23)24)22-8-7-20-15(13)22/h1-8H,9H2,(H,23,24)(H4,18,19,21). The molecule has 3 aromatic rings. The monoisotopic (exact) mass is 353 g/mol. The van der Waals surface area contributed by atoms with Gasteiger partial charge in [-0.2, -0.15) is 0 Å². The topological polar surface area (TPSA) is 143 Å². The van der Waals surface area contributed by atoms with Crippen molar-refractivity contribution in [1.29, 1.82) is 5.41 Å². The number of nitrogens with one attached hydrogen (secondary N) is 2. The van der Waals surface area contributed by atoms with Gasteiger partial charge in [0.2, 0.25) is 0 Å². The third-order valence-corrected chi connectivity index (χ3v) is 3.53. The SMILES string of the molecule is N=C(N)Nc1ccc(C(=O)Oc2ccc(CC(=O)O)n3ccnc23)cc1. The zero-order valence-electron chi connectivity index (χ0n) is 13.5. The van der Waals surface area contributed by atoms with Crippen LogP contribution in [-0.4, -0.2) is 32.4 Å². The van der Waals surface area contributed by atoms with E-state index in [9.17, 15) is 9.59 Å². The summed E-state index contributed by atoms with van der Waals surface area (Å²) in [5, 5.41) is 18.7. The molecule has 132 valence electrons. The van der Waals surface area contributed by atoms with Crippen LogP contribution in [0.25, 0.3) is 5.65 Å². The number of guanidine groups is 1. The summed E-state index contributed by atoms with van der Waals surface area (Å²) in [7, 11) is 0. The highest BCUT2D eigenvalue weighted by molar-refractivity contribution is 5.94. The lowest BCUT2D eigenvalue weighted by molar-refractivity contribution is -0.136. The number of hydrogen-bond donors (Lipinski definition) is 4. The largest absolute Gasteiger partial charge is 0.481 e. The molecule has 1 aromatic carbocycles. The summed E-state index contributed by atoms with van der Waals surface area (Å²) in [4.78, 5) is 27.4. The number of ether oxygens (including phenoxy) is 1. The Hall–Kier alpha value is -3.88. The minimum atomic E-state index is -0.969. The van der Waals surface area contributed by atoms with E-state index < -0.39 is 11.9 Å². The Bertz CT molecular complexity index is 994. The summed E-state index contributed by atoms with van der Waals surface area (Å²) < 4.78 is 6.96. The van der Waals surface area contributed by atoms with E-state index in [0.717, 1.165) is 0 Å². The van der Waals surface area contributed by atoms with Gasteiger partial charge in [-0.25, -0.2) is 9.78 Å². The van der Waals surface area contributed by atoms with E-state index in [0.29, 0.717) is 22.6 Å². The second kappa shape index (κ2) is 6.93. The van der Waals surface area contributed by atoms with E-state index in [1.807, 2.05) is 0 Å². The number of carboxylic acid groups (broad SMARTS) is 1. The number of rotatable bonds is 5. The number of anilines is 1. The van der Waals surface area contributed by atoms with Crippen LogP contribution in [0.1, 0.15) is 16.1 Å². The van der Waals surface area contributed by atoms with E-state index >= 15 is 0 Å². The summed E-state index contributed by atoms with van der Waals surface area (Å²) in [6.45, 7) is 0. The molecule has 0 unspecified atom stereocenters. The fourth-order valence-corrected chi connectivity index (χ4v) is 2.43. The van der Waals surface area contributed by atoms with Gasteiger partial charge >= 0.3 is 11.9 Å². The third-order valence-electron chi connectivity index (χ3n) is 3.53. The van der Waals surface area contributed by atoms with Gasteiger partial charge in [0.1, 0.15) is 0 Å². The maximum atomic E-state index is 12.3. The van der Waals surface area contributed by atoms with Crippen LogP contribution in [0.4, 0.5) is 5.69 Å². The Balaban J connectivity index is 1.82. The Kier molecular flexibility index (Phi) is 4.52. The van der Waals surface area contributed by atoms with Crippen LogP contribution in [0.5, 0.6) is 5.75 Å². The molecule has 2 heterocycles. The van der Waals surface area contributed by atoms with Crippen molar-refractivity contribution in [3.63, 3.8) is 0 Å². The number of nitrogens with two attached hydrogens (primary N) is 1. The average Bonchev–Trinajstić information content (AvgIpc) is 3.07. The number of hydrogen-bond acceptors (Lipinski definition) is 5. The second-order valence-corrected chi connectivity index (χ2v) is 5.39. The van der Waals surface area contributed by atoms with Gasteiger partial charge in [0.15, 0.2) is 17.4 Å². The molecule has 0 spiro atoms. The first-order chi connectivity index (χ1) is 12.4. The zero-order valence-corrected chi connectivity index (χ0v) is 13.5. The van der Waals surface area contributed by atoms with E-state index in [2.05, 4.69) is 10.3 Å². The molecule has 0 aliphatic heterocycles. The molecule has 0 amide bonds. The van der Waals surface area contributed by atoms with Crippen LogP contribution in [0.2, 0.25) is 0 Å². The quantitative estimate of drug-likeness (QED) is 0.309. The summed E-state index contributed by atoms with van der Waals surface area (Å²) in [5.74, 6) is -1.54. The van der Waals surface area contributed by atoms with Crippen LogP contribution >= 0.6 is 0 Å². The molecular weight excluding hydrogens is 338 g/mol. The van der Waals surface area contributed by atoms with Crippen molar-refractivity contribution in [3.05, 3.63) is 60.0 Å². The Morgan fingerprint density at radius 1 is 1.23 bits per heavy atom. The molecule has 0 atom stereocenters. The molecule has 0 aliphatic rings. The fourth-order valence-electron chi connectivity index (χ4n) is 2.43. The molecule has 0 bridgehead atoms. The zero-order chi connectivity index (χ0) is 18.7. The molecule has 5 N–H and O–H groups in total. The molecular formula is C17H15N5O4. The van der Waals surface area contributed by atoms with Crippen molar-refractivity contribution < 1.29 is 19.4 Å². The molecule has 0 radical (unpaired) electrons. The minimum Gasteiger partial charge on any atom is -0.481 e. The number of aromatic nitrogens is 2. The van der Waals surface area contributed by atoms with Gasteiger partial charge in [-0.3, -0.25) is 10.2 Å². The van der Waals surface area contributed by atoms with Crippen molar-refractivity contribution in [3.8, 4) is 5.75 Å². The van der Waals surface area contributed by atoms with Crippen molar-refractivity contribution in [2.75, 3.05) is 5.32 Å². The first kappa shape index (κ1) is 17.0. The smallest absolute Gasteiger partial charge is 0.343 e. The van der Waals surface area contributed by atoms with Crippen molar-refractivity contribution in [1.82, 2.24) is 9.38 Å². The van der Waals surface area contributed by atoms with E-state index in [1.54, 1.807) is 28.8 Å². The number of pyridine rings is 1. The van der Waals surface area contributed by atoms with Gasteiger partial charge in [0.25, 0.3) is 0 Å². The lowest BCUT2D eigenvalue weighted by Gasteiger charge is -2.09. The molecule has 0 saturated carbocycles. The van der Waals surface area contributed by atoms with Gasteiger partial charge in [0, 0.05) is 23.8 Å². The van der Waals surface area contributed by atoms with Crippen LogP contribution in [0.15, 0.2) is 48.8 Å². The van der Waals surface area contributed by atoms with E-state index in [-0.39, 0.29) is 18.1 Å². The molecule has 2 aromatic heterocycles. The van der Waals surface area contributed by atoms with E-state index in [1.165, 1.54) is 24.4 Å². The lowest BCUT2D eigenvalue weighted by atomic mass is 10.2.